The van der Waals surface area contributed by atoms with Crippen LogP contribution in [0.2, 0.25) is 0 Å². The third kappa shape index (κ3) is 5.65. The zero-order valence-corrected chi connectivity index (χ0v) is 16.3. The molecular weight excluding hydrogens is 355 g/mol. The van der Waals surface area contributed by atoms with Gasteiger partial charge < -0.3 is 10.2 Å². The number of piperidine rings is 1. The van der Waals surface area contributed by atoms with Gasteiger partial charge in [-0.05, 0) is 49.4 Å². The molecule has 2 aromatic carbocycles. The Labute approximate surface area is 165 Å². The van der Waals surface area contributed by atoms with Crippen LogP contribution >= 0.6 is 0 Å². The van der Waals surface area contributed by atoms with Crippen LogP contribution in [0.3, 0.4) is 0 Å². The molecule has 0 aliphatic carbocycles. The molecule has 148 valence electrons. The Morgan fingerprint density at radius 2 is 1.79 bits per heavy atom. The van der Waals surface area contributed by atoms with Gasteiger partial charge in [0.05, 0.1) is 6.42 Å². The van der Waals surface area contributed by atoms with Gasteiger partial charge in [-0.25, -0.2) is 4.39 Å². The summed E-state index contributed by atoms with van der Waals surface area (Å²) < 4.78 is 12.9. The predicted octanol–water partition coefficient (Wildman–Crippen LogP) is 3.27. The number of aryl methyl sites for hydroxylation is 1. The third-order valence-electron chi connectivity index (χ3n) is 5.28. The first-order valence-electron chi connectivity index (χ1n) is 9.87. The molecule has 0 unspecified atom stereocenters. The SMILES string of the molecule is Cc1cccc(CC(=O)N2CCC(C(=O)NCCc3ccc(F)cc3)CC2)c1. The molecule has 0 spiro atoms. The highest BCUT2D eigenvalue weighted by atomic mass is 19.1. The van der Waals surface area contributed by atoms with E-state index in [9.17, 15) is 14.0 Å². The van der Waals surface area contributed by atoms with Gasteiger partial charge in [-0.2, -0.15) is 0 Å². The van der Waals surface area contributed by atoms with E-state index in [1.165, 1.54) is 12.1 Å². The minimum absolute atomic E-state index is 0.0452. The summed E-state index contributed by atoms with van der Waals surface area (Å²) in [5, 5.41) is 2.97. The largest absolute Gasteiger partial charge is 0.356 e. The van der Waals surface area contributed by atoms with Gasteiger partial charge >= 0.3 is 0 Å². The van der Waals surface area contributed by atoms with E-state index in [2.05, 4.69) is 5.32 Å². The molecule has 28 heavy (non-hydrogen) atoms. The van der Waals surface area contributed by atoms with Crippen LogP contribution in [0.5, 0.6) is 0 Å². The monoisotopic (exact) mass is 382 g/mol. The summed E-state index contributed by atoms with van der Waals surface area (Å²) in [6, 6.07) is 14.3. The maximum atomic E-state index is 12.9. The molecule has 1 fully saturated rings. The van der Waals surface area contributed by atoms with E-state index in [0.29, 0.717) is 45.3 Å². The second-order valence-electron chi connectivity index (χ2n) is 7.49. The molecule has 2 amide bonds. The Morgan fingerprint density at radius 1 is 1.07 bits per heavy atom. The summed E-state index contributed by atoms with van der Waals surface area (Å²) >= 11 is 0. The van der Waals surface area contributed by atoms with Crippen LogP contribution in [0, 0.1) is 18.7 Å². The second kappa shape index (κ2) is 9.49. The first kappa shape index (κ1) is 20.1. The van der Waals surface area contributed by atoms with Crippen LogP contribution < -0.4 is 5.32 Å². The molecule has 0 aromatic heterocycles. The van der Waals surface area contributed by atoms with Crippen molar-refractivity contribution in [2.45, 2.75) is 32.6 Å². The van der Waals surface area contributed by atoms with Gasteiger partial charge in [-0.3, -0.25) is 9.59 Å². The molecule has 0 radical (unpaired) electrons. The maximum absolute atomic E-state index is 12.9. The van der Waals surface area contributed by atoms with E-state index in [1.807, 2.05) is 36.1 Å². The molecule has 1 aliphatic rings. The standard InChI is InChI=1S/C23H27FN2O2/c1-17-3-2-4-19(15-17)16-22(27)26-13-10-20(11-14-26)23(28)25-12-9-18-5-7-21(24)8-6-18/h2-8,15,20H,9-14,16H2,1H3,(H,25,28). The maximum Gasteiger partial charge on any atom is 0.226 e. The number of hydrogen-bond donors (Lipinski definition) is 1. The molecule has 1 heterocycles. The van der Waals surface area contributed by atoms with Crippen LogP contribution in [0.4, 0.5) is 4.39 Å². The molecular formula is C23H27FN2O2. The van der Waals surface area contributed by atoms with Crippen molar-refractivity contribution in [3.63, 3.8) is 0 Å². The summed E-state index contributed by atoms with van der Waals surface area (Å²) in [6.45, 7) is 3.81. The Balaban J connectivity index is 1.39. The predicted molar refractivity (Wildman–Crippen MR) is 107 cm³/mol. The van der Waals surface area contributed by atoms with E-state index in [1.54, 1.807) is 12.1 Å². The number of nitrogens with one attached hydrogen (secondary N) is 1. The van der Waals surface area contributed by atoms with Crippen molar-refractivity contribution >= 4 is 11.8 Å². The lowest BCUT2D eigenvalue weighted by molar-refractivity contribution is -0.135. The number of amides is 2. The van der Waals surface area contributed by atoms with Crippen LogP contribution in [-0.4, -0.2) is 36.3 Å². The Hall–Kier alpha value is -2.69. The minimum atomic E-state index is -0.253. The molecule has 0 saturated carbocycles. The third-order valence-corrected chi connectivity index (χ3v) is 5.28. The Bertz CT molecular complexity index is 812. The number of likely N-dealkylation sites (tertiary alicyclic amines) is 1. The van der Waals surface area contributed by atoms with Gasteiger partial charge in [0.2, 0.25) is 11.8 Å². The van der Waals surface area contributed by atoms with Crippen molar-refractivity contribution in [2.75, 3.05) is 19.6 Å². The van der Waals surface area contributed by atoms with Crippen molar-refractivity contribution in [2.24, 2.45) is 5.92 Å². The zero-order chi connectivity index (χ0) is 19.9. The highest BCUT2D eigenvalue weighted by Crippen LogP contribution is 2.18. The second-order valence-corrected chi connectivity index (χ2v) is 7.49. The number of rotatable bonds is 6. The fourth-order valence-corrected chi connectivity index (χ4v) is 3.63. The molecule has 3 rings (SSSR count). The van der Waals surface area contributed by atoms with E-state index >= 15 is 0 Å². The van der Waals surface area contributed by atoms with E-state index in [-0.39, 0.29) is 23.5 Å². The molecule has 5 heteroatoms. The molecule has 1 aliphatic heterocycles. The lowest BCUT2D eigenvalue weighted by Gasteiger charge is -2.31. The molecule has 4 nitrogen and oxygen atoms in total. The van der Waals surface area contributed by atoms with Gasteiger partial charge in [0.1, 0.15) is 5.82 Å². The minimum Gasteiger partial charge on any atom is -0.356 e. The highest BCUT2D eigenvalue weighted by molar-refractivity contribution is 5.81. The fraction of sp³-hybridized carbons (Fsp3) is 0.391. The van der Waals surface area contributed by atoms with E-state index in [4.69, 9.17) is 0 Å². The first-order chi connectivity index (χ1) is 13.5. The lowest BCUT2D eigenvalue weighted by atomic mass is 9.95. The molecule has 2 aromatic rings. The van der Waals surface area contributed by atoms with Gasteiger partial charge in [0.15, 0.2) is 0 Å². The summed E-state index contributed by atoms with van der Waals surface area (Å²) in [5.41, 5.74) is 3.19. The topological polar surface area (TPSA) is 49.4 Å². The Kier molecular flexibility index (Phi) is 6.80. The fourth-order valence-electron chi connectivity index (χ4n) is 3.63. The van der Waals surface area contributed by atoms with Crippen LogP contribution in [-0.2, 0) is 22.4 Å². The number of carbonyl (C=O) groups is 2. The van der Waals surface area contributed by atoms with Gasteiger partial charge in [-0.1, -0.05) is 42.0 Å². The van der Waals surface area contributed by atoms with Crippen molar-refractivity contribution in [1.29, 1.82) is 0 Å². The smallest absolute Gasteiger partial charge is 0.226 e. The Morgan fingerprint density at radius 3 is 2.46 bits per heavy atom. The molecule has 1 N–H and O–H groups in total. The average Bonchev–Trinajstić information content (AvgIpc) is 2.69. The van der Waals surface area contributed by atoms with E-state index in [0.717, 1.165) is 16.7 Å². The van der Waals surface area contributed by atoms with Gasteiger partial charge in [0.25, 0.3) is 0 Å². The summed E-state index contributed by atoms with van der Waals surface area (Å²) in [7, 11) is 0. The lowest BCUT2D eigenvalue weighted by Crippen LogP contribution is -2.43. The van der Waals surface area contributed by atoms with Crippen molar-refractivity contribution in [1.82, 2.24) is 10.2 Å². The van der Waals surface area contributed by atoms with Crippen LogP contribution in [0.15, 0.2) is 48.5 Å². The van der Waals surface area contributed by atoms with Crippen LogP contribution in [0.1, 0.15) is 29.5 Å². The average molecular weight is 382 g/mol. The quantitative estimate of drug-likeness (QED) is 0.834. The van der Waals surface area contributed by atoms with Crippen LogP contribution in [0.25, 0.3) is 0 Å². The number of halogens is 1. The van der Waals surface area contributed by atoms with Crippen molar-refractivity contribution in [3.8, 4) is 0 Å². The molecule has 1 saturated heterocycles. The number of nitrogens with zero attached hydrogens (tertiary/aromatic N) is 1. The number of benzene rings is 2. The van der Waals surface area contributed by atoms with Crippen molar-refractivity contribution in [3.05, 3.63) is 71.0 Å². The zero-order valence-electron chi connectivity index (χ0n) is 16.3. The molecule has 0 bridgehead atoms. The normalized spacial score (nSPS) is 14.7. The van der Waals surface area contributed by atoms with Gasteiger partial charge in [-0.15, -0.1) is 0 Å². The summed E-state index contributed by atoms with van der Waals surface area (Å²) in [5.74, 6) is -0.124. The summed E-state index contributed by atoms with van der Waals surface area (Å²) in [4.78, 5) is 26.7. The first-order valence-corrected chi connectivity index (χ1v) is 9.87. The van der Waals surface area contributed by atoms with Crippen molar-refractivity contribution < 1.29 is 14.0 Å². The van der Waals surface area contributed by atoms with Gasteiger partial charge in [0, 0.05) is 25.6 Å². The summed E-state index contributed by atoms with van der Waals surface area (Å²) in [6.07, 6.45) is 2.49. The number of carbonyl (C=O) groups excluding carboxylic acids is 2. The van der Waals surface area contributed by atoms with E-state index < -0.39 is 0 Å². The molecule has 0 atom stereocenters. The highest BCUT2D eigenvalue weighted by Gasteiger charge is 2.27. The number of hydrogen-bond acceptors (Lipinski definition) is 2.